The Kier molecular flexibility index (Phi) is 8.93. The molecule has 2 fully saturated rings. The Hall–Kier alpha value is -0.910. The van der Waals surface area contributed by atoms with E-state index in [4.69, 9.17) is 14.9 Å². The first-order valence-corrected chi connectivity index (χ1v) is 10.0. The van der Waals surface area contributed by atoms with Crippen molar-refractivity contribution in [3.8, 4) is 0 Å². The van der Waals surface area contributed by atoms with Crippen molar-refractivity contribution in [2.24, 2.45) is 11.8 Å². The van der Waals surface area contributed by atoms with Gasteiger partial charge in [-0.15, -0.1) is 0 Å². The van der Waals surface area contributed by atoms with Gasteiger partial charge in [0.05, 0.1) is 12.2 Å². The van der Waals surface area contributed by atoms with Gasteiger partial charge in [-0.25, -0.2) is 9.78 Å². The Morgan fingerprint density at radius 1 is 1.12 bits per heavy atom. The smallest absolute Gasteiger partial charge is 0.303 e. The zero-order valence-corrected chi connectivity index (χ0v) is 15.4. The van der Waals surface area contributed by atoms with E-state index >= 15 is 0 Å². The van der Waals surface area contributed by atoms with Crippen LogP contribution in [-0.2, 0) is 14.6 Å². The molecule has 2 aliphatic rings. The summed E-state index contributed by atoms with van der Waals surface area (Å²) < 4.78 is 0. The molecule has 1 aliphatic heterocycles. The van der Waals surface area contributed by atoms with Crippen molar-refractivity contribution < 1.29 is 24.8 Å². The van der Waals surface area contributed by atoms with Crippen molar-refractivity contribution in [2.45, 2.75) is 95.9 Å². The van der Waals surface area contributed by atoms with Gasteiger partial charge in [-0.1, -0.05) is 57.6 Å². The first kappa shape index (κ1) is 20.4. The first-order valence-electron chi connectivity index (χ1n) is 10.0. The standard InChI is InChI=1S/C20H34O5/c1-2-3-6-9-15(21)12-13-17-16(18-14-19(17)25-24-18)10-7-4-5-8-11-20(22)23/h12-13,15-19,21H,2-11,14H2,1H3,(H,22,23)/b13-12+/t15-,16+,17+,18-,19+/m0/s1. The maximum absolute atomic E-state index is 10.5. The second-order valence-corrected chi connectivity index (χ2v) is 7.54. The number of aliphatic hydroxyl groups is 1. The second kappa shape index (κ2) is 10.9. The lowest BCUT2D eigenvalue weighted by atomic mass is 9.87. The predicted molar refractivity (Wildman–Crippen MR) is 96.0 cm³/mol. The third kappa shape index (κ3) is 6.72. The zero-order chi connectivity index (χ0) is 18.1. The number of carboxylic acids is 1. The normalized spacial score (nSPS) is 29.5. The zero-order valence-electron chi connectivity index (χ0n) is 15.4. The molecule has 25 heavy (non-hydrogen) atoms. The highest BCUT2D eigenvalue weighted by molar-refractivity contribution is 5.66. The molecule has 1 saturated heterocycles. The van der Waals surface area contributed by atoms with Crippen LogP contribution in [0.25, 0.3) is 0 Å². The Labute approximate surface area is 151 Å². The minimum absolute atomic E-state index is 0.126. The van der Waals surface area contributed by atoms with Gasteiger partial charge >= 0.3 is 5.97 Å². The van der Waals surface area contributed by atoms with Crippen molar-refractivity contribution in [3.05, 3.63) is 12.2 Å². The lowest BCUT2D eigenvalue weighted by Crippen LogP contribution is -2.29. The summed E-state index contributed by atoms with van der Waals surface area (Å²) in [5, 5.41) is 18.8. The number of carboxylic acid groups (broad SMARTS) is 1. The van der Waals surface area contributed by atoms with Gasteiger partial charge in [0.25, 0.3) is 0 Å². The van der Waals surface area contributed by atoms with Gasteiger partial charge in [0, 0.05) is 18.8 Å². The molecule has 1 heterocycles. The quantitative estimate of drug-likeness (QED) is 0.294. The molecule has 5 heteroatoms. The summed E-state index contributed by atoms with van der Waals surface area (Å²) in [4.78, 5) is 21.3. The molecular weight excluding hydrogens is 320 g/mol. The SMILES string of the molecule is CCCCC[C@H](O)/C=C/[C@@H]1[C@@H](CCCCCCC(=O)O)[C@@H]2C[C@H]1OO2. The molecule has 2 N–H and O–H groups in total. The van der Waals surface area contributed by atoms with E-state index in [0.717, 1.165) is 51.4 Å². The van der Waals surface area contributed by atoms with Crippen molar-refractivity contribution in [2.75, 3.05) is 0 Å². The molecular formula is C20H34O5. The number of unbranched alkanes of at least 4 members (excludes halogenated alkanes) is 5. The highest BCUT2D eigenvalue weighted by Gasteiger charge is 2.49. The molecule has 0 spiro atoms. The van der Waals surface area contributed by atoms with Gasteiger partial charge in [0.2, 0.25) is 0 Å². The Balaban J connectivity index is 1.71. The average Bonchev–Trinajstić information content (AvgIpc) is 3.17. The minimum Gasteiger partial charge on any atom is -0.481 e. The average molecular weight is 354 g/mol. The van der Waals surface area contributed by atoms with Crippen molar-refractivity contribution in [3.63, 3.8) is 0 Å². The number of fused-ring (bicyclic) bond motifs is 2. The molecule has 0 unspecified atom stereocenters. The van der Waals surface area contributed by atoms with Gasteiger partial charge in [-0.2, -0.15) is 0 Å². The number of rotatable bonds is 13. The maximum atomic E-state index is 10.5. The molecule has 1 saturated carbocycles. The van der Waals surface area contributed by atoms with Crippen LogP contribution in [-0.4, -0.2) is 34.5 Å². The summed E-state index contributed by atoms with van der Waals surface area (Å²) in [7, 11) is 0. The highest BCUT2D eigenvalue weighted by Crippen LogP contribution is 2.45. The molecule has 2 rings (SSSR count). The van der Waals surface area contributed by atoms with Gasteiger partial charge in [0.15, 0.2) is 0 Å². The minimum atomic E-state index is -0.707. The summed E-state index contributed by atoms with van der Waals surface area (Å²) in [6, 6.07) is 0. The molecule has 144 valence electrons. The van der Waals surface area contributed by atoms with Gasteiger partial charge in [0.1, 0.15) is 6.10 Å². The maximum Gasteiger partial charge on any atom is 0.303 e. The van der Waals surface area contributed by atoms with E-state index in [0.29, 0.717) is 11.8 Å². The van der Waals surface area contributed by atoms with E-state index in [-0.39, 0.29) is 24.7 Å². The molecule has 0 radical (unpaired) electrons. The van der Waals surface area contributed by atoms with Crippen LogP contribution in [0.4, 0.5) is 0 Å². The first-order chi connectivity index (χ1) is 12.1. The fourth-order valence-electron chi connectivity index (χ4n) is 4.05. The summed E-state index contributed by atoms with van der Waals surface area (Å²) in [6.45, 7) is 2.17. The van der Waals surface area contributed by atoms with Crippen LogP contribution in [0.3, 0.4) is 0 Å². The van der Waals surface area contributed by atoms with E-state index in [9.17, 15) is 9.90 Å². The molecule has 0 amide bonds. The van der Waals surface area contributed by atoms with Crippen LogP contribution in [0, 0.1) is 11.8 Å². The fourth-order valence-corrected chi connectivity index (χ4v) is 4.05. The third-order valence-electron chi connectivity index (χ3n) is 5.51. The number of aliphatic carboxylic acids is 1. The molecule has 0 aromatic heterocycles. The van der Waals surface area contributed by atoms with E-state index in [1.165, 1.54) is 12.8 Å². The van der Waals surface area contributed by atoms with Gasteiger partial charge < -0.3 is 10.2 Å². The summed E-state index contributed by atoms with van der Waals surface area (Å²) in [5.41, 5.74) is 0. The summed E-state index contributed by atoms with van der Waals surface area (Å²) in [6.07, 6.45) is 14.5. The number of aliphatic hydroxyl groups excluding tert-OH is 1. The fraction of sp³-hybridized carbons (Fsp3) is 0.850. The molecule has 2 bridgehead atoms. The predicted octanol–water partition coefficient (Wildman–Crippen LogP) is 4.24. The third-order valence-corrected chi connectivity index (χ3v) is 5.51. The molecule has 0 aromatic carbocycles. The summed E-state index contributed by atoms with van der Waals surface area (Å²) in [5.74, 6) is 0.0808. The Morgan fingerprint density at radius 2 is 1.88 bits per heavy atom. The highest BCUT2D eigenvalue weighted by atomic mass is 17.2. The van der Waals surface area contributed by atoms with Crippen molar-refractivity contribution >= 4 is 5.97 Å². The Bertz CT molecular complexity index is 422. The molecule has 0 aromatic rings. The molecule has 5 atom stereocenters. The molecule has 1 aliphatic carbocycles. The van der Waals surface area contributed by atoms with Crippen LogP contribution in [0.15, 0.2) is 12.2 Å². The topological polar surface area (TPSA) is 76.0 Å². The van der Waals surface area contributed by atoms with E-state index in [1.807, 2.05) is 6.08 Å². The summed E-state index contributed by atoms with van der Waals surface area (Å²) >= 11 is 0. The van der Waals surface area contributed by atoms with Crippen molar-refractivity contribution in [1.29, 1.82) is 0 Å². The van der Waals surface area contributed by atoms with Crippen LogP contribution >= 0.6 is 0 Å². The monoisotopic (exact) mass is 354 g/mol. The van der Waals surface area contributed by atoms with E-state index < -0.39 is 5.97 Å². The van der Waals surface area contributed by atoms with Crippen LogP contribution < -0.4 is 0 Å². The number of carbonyl (C=O) groups is 1. The number of hydrogen-bond donors (Lipinski definition) is 2. The van der Waals surface area contributed by atoms with E-state index in [2.05, 4.69) is 13.0 Å². The van der Waals surface area contributed by atoms with Crippen LogP contribution in [0.1, 0.15) is 77.6 Å². The van der Waals surface area contributed by atoms with Gasteiger partial charge in [-0.05, 0) is 25.2 Å². The van der Waals surface area contributed by atoms with Crippen molar-refractivity contribution in [1.82, 2.24) is 0 Å². The van der Waals surface area contributed by atoms with Crippen LogP contribution in [0.5, 0.6) is 0 Å². The second-order valence-electron chi connectivity index (χ2n) is 7.54. The van der Waals surface area contributed by atoms with Crippen LogP contribution in [0.2, 0.25) is 0 Å². The molecule has 5 nitrogen and oxygen atoms in total. The lowest BCUT2D eigenvalue weighted by Gasteiger charge is -2.28. The largest absolute Gasteiger partial charge is 0.481 e. The lowest BCUT2D eigenvalue weighted by molar-refractivity contribution is -0.337. The van der Waals surface area contributed by atoms with E-state index in [1.54, 1.807) is 0 Å². The van der Waals surface area contributed by atoms with Gasteiger partial charge in [-0.3, -0.25) is 4.79 Å². The number of hydrogen-bond acceptors (Lipinski definition) is 4. The Morgan fingerprint density at radius 3 is 2.64 bits per heavy atom.